The molecule has 1 aromatic rings. The molecule has 0 spiro atoms. The smallest absolute Gasteiger partial charge is 0.221 e. The van der Waals surface area contributed by atoms with Gasteiger partial charge in [-0.25, -0.2) is 4.68 Å². The Morgan fingerprint density at radius 1 is 1.67 bits per heavy atom. The lowest BCUT2D eigenvalue weighted by Gasteiger charge is -2.11. The van der Waals surface area contributed by atoms with Crippen molar-refractivity contribution in [2.45, 2.75) is 18.6 Å². The van der Waals surface area contributed by atoms with Crippen LogP contribution in [0.3, 0.4) is 0 Å². The zero-order valence-electron chi connectivity index (χ0n) is 9.10. The number of amides is 1. The monoisotopic (exact) mass is 229 g/mol. The van der Waals surface area contributed by atoms with Crippen molar-refractivity contribution in [3.63, 3.8) is 0 Å². The molecule has 84 valence electrons. The number of hydrogen-bond donors (Lipinski definition) is 1. The molecular weight excluding hydrogens is 214 g/mol. The number of nitrogens with one attached hydrogen (secondary N) is 1. The highest BCUT2D eigenvalue weighted by Gasteiger charge is 2.19. The molecule has 1 heterocycles. The fourth-order valence-corrected chi connectivity index (χ4v) is 1.96. The maximum Gasteiger partial charge on any atom is 0.221 e. The van der Waals surface area contributed by atoms with Crippen LogP contribution in [-0.4, -0.2) is 38.9 Å². The second-order valence-corrected chi connectivity index (χ2v) is 4.08. The summed E-state index contributed by atoms with van der Waals surface area (Å²) < 4.78 is 1.60. The molecule has 0 fully saturated rings. The van der Waals surface area contributed by atoms with Crippen molar-refractivity contribution in [3.8, 4) is 0 Å². The molecule has 0 saturated carbocycles. The molecule has 0 saturated heterocycles. The molecule has 1 N–H and O–H groups in total. The molecule has 1 aromatic heterocycles. The lowest BCUT2D eigenvalue weighted by molar-refractivity contribution is -0.121. The van der Waals surface area contributed by atoms with Gasteiger partial charge in [0.05, 0.1) is 5.25 Å². The predicted octanol–water partition coefficient (Wildman–Crippen LogP) is 0.140. The Balaban J connectivity index is 2.64. The van der Waals surface area contributed by atoms with Gasteiger partial charge in [0.25, 0.3) is 0 Å². The number of aryl methyl sites for hydroxylation is 1. The van der Waals surface area contributed by atoms with E-state index in [0.717, 1.165) is 5.82 Å². The minimum Gasteiger partial charge on any atom is -0.356 e. The Hall–Kier alpha value is -1.11. The third-order valence-corrected chi connectivity index (χ3v) is 2.92. The van der Waals surface area contributed by atoms with Crippen molar-refractivity contribution in [2.24, 2.45) is 7.05 Å². The van der Waals surface area contributed by atoms with Crippen LogP contribution in [-0.2, 0) is 11.8 Å². The van der Waals surface area contributed by atoms with Crippen LogP contribution >= 0.6 is 11.8 Å². The molecule has 1 atom stereocenters. The molecule has 0 bridgehead atoms. The van der Waals surface area contributed by atoms with E-state index in [4.69, 9.17) is 0 Å². The van der Waals surface area contributed by atoms with Gasteiger partial charge < -0.3 is 5.32 Å². The van der Waals surface area contributed by atoms with Gasteiger partial charge in [0.15, 0.2) is 5.82 Å². The Morgan fingerprint density at radius 3 is 2.87 bits per heavy atom. The quantitative estimate of drug-likeness (QED) is 0.777. The van der Waals surface area contributed by atoms with E-state index in [9.17, 15) is 4.79 Å². The fraction of sp³-hybridized carbons (Fsp3) is 0.750. The summed E-state index contributed by atoms with van der Waals surface area (Å²) in [6.07, 6.45) is 2.35. The number of rotatable bonds is 5. The van der Waals surface area contributed by atoms with Crippen LogP contribution < -0.4 is 5.32 Å². The lowest BCUT2D eigenvalue weighted by Crippen LogP contribution is -2.24. The Bertz CT molecular complexity index is 327. The van der Waals surface area contributed by atoms with E-state index < -0.39 is 0 Å². The van der Waals surface area contributed by atoms with Crippen molar-refractivity contribution in [2.75, 3.05) is 12.8 Å². The standard InChI is InChI=1S/C8H15N5OS/c1-4-9-7(14)5-6(15-3)8-10-11-12-13(8)2/h6H,4-5H2,1-3H3,(H,9,14). The van der Waals surface area contributed by atoms with Crippen LogP contribution in [0.2, 0.25) is 0 Å². The van der Waals surface area contributed by atoms with Crippen molar-refractivity contribution in [1.29, 1.82) is 0 Å². The molecule has 1 rings (SSSR count). The first-order valence-electron chi connectivity index (χ1n) is 4.70. The molecule has 0 aliphatic rings. The molecule has 0 aliphatic carbocycles. The van der Waals surface area contributed by atoms with E-state index in [1.807, 2.05) is 13.2 Å². The van der Waals surface area contributed by atoms with Gasteiger partial charge in [-0.05, 0) is 23.6 Å². The Labute approximate surface area is 92.8 Å². The van der Waals surface area contributed by atoms with E-state index in [-0.39, 0.29) is 11.2 Å². The van der Waals surface area contributed by atoms with E-state index in [1.54, 1.807) is 23.5 Å². The lowest BCUT2D eigenvalue weighted by atomic mass is 10.2. The van der Waals surface area contributed by atoms with Crippen molar-refractivity contribution in [1.82, 2.24) is 25.5 Å². The summed E-state index contributed by atoms with van der Waals surface area (Å²) in [5.74, 6) is 0.758. The molecule has 15 heavy (non-hydrogen) atoms. The number of aromatic nitrogens is 4. The number of thioether (sulfide) groups is 1. The van der Waals surface area contributed by atoms with Crippen LogP contribution in [0, 0.1) is 0 Å². The largest absolute Gasteiger partial charge is 0.356 e. The topological polar surface area (TPSA) is 72.7 Å². The molecule has 6 nitrogen and oxygen atoms in total. The summed E-state index contributed by atoms with van der Waals surface area (Å²) in [6.45, 7) is 2.55. The minimum atomic E-state index is 0.0107. The van der Waals surface area contributed by atoms with Crippen molar-refractivity contribution >= 4 is 17.7 Å². The van der Waals surface area contributed by atoms with Gasteiger partial charge in [-0.1, -0.05) is 0 Å². The number of hydrogen-bond acceptors (Lipinski definition) is 5. The summed E-state index contributed by atoms with van der Waals surface area (Å²) >= 11 is 1.57. The third-order valence-electron chi connectivity index (χ3n) is 1.97. The average Bonchev–Trinajstić information content (AvgIpc) is 2.61. The van der Waals surface area contributed by atoms with Crippen molar-refractivity contribution in [3.05, 3.63) is 5.82 Å². The highest BCUT2D eigenvalue weighted by Crippen LogP contribution is 2.27. The third kappa shape index (κ3) is 3.19. The van der Waals surface area contributed by atoms with E-state index in [1.165, 1.54) is 0 Å². The number of tetrazole rings is 1. The Morgan fingerprint density at radius 2 is 2.40 bits per heavy atom. The van der Waals surface area contributed by atoms with Crippen LogP contribution in [0.1, 0.15) is 24.4 Å². The minimum absolute atomic E-state index is 0.0107. The van der Waals surface area contributed by atoms with E-state index >= 15 is 0 Å². The van der Waals surface area contributed by atoms with Crippen molar-refractivity contribution < 1.29 is 4.79 Å². The van der Waals surface area contributed by atoms with Crippen LogP contribution in [0.15, 0.2) is 0 Å². The molecule has 7 heteroatoms. The number of carbonyl (C=O) groups is 1. The predicted molar refractivity (Wildman–Crippen MR) is 58.4 cm³/mol. The first-order chi connectivity index (χ1) is 7.19. The van der Waals surface area contributed by atoms with Crippen LogP contribution in [0.5, 0.6) is 0 Å². The summed E-state index contributed by atoms with van der Waals surface area (Å²) in [5.41, 5.74) is 0. The second-order valence-electron chi connectivity index (χ2n) is 3.04. The zero-order chi connectivity index (χ0) is 11.3. The molecule has 1 amide bonds. The highest BCUT2D eigenvalue weighted by molar-refractivity contribution is 7.98. The van der Waals surface area contributed by atoms with Gasteiger partial charge in [0.1, 0.15) is 0 Å². The number of nitrogens with zero attached hydrogens (tertiary/aromatic N) is 4. The normalized spacial score (nSPS) is 12.5. The summed E-state index contributed by atoms with van der Waals surface area (Å²) in [4.78, 5) is 11.4. The van der Waals surface area contributed by atoms with Gasteiger partial charge in [-0.2, -0.15) is 11.8 Å². The van der Waals surface area contributed by atoms with Gasteiger partial charge in [0, 0.05) is 20.0 Å². The summed E-state index contributed by atoms with van der Waals surface area (Å²) in [7, 11) is 1.77. The van der Waals surface area contributed by atoms with Crippen LogP contribution in [0.4, 0.5) is 0 Å². The summed E-state index contributed by atoms with van der Waals surface area (Å²) in [6, 6.07) is 0. The second kappa shape index (κ2) is 5.69. The zero-order valence-corrected chi connectivity index (χ0v) is 9.91. The molecule has 0 aromatic carbocycles. The summed E-state index contributed by atoms with van der Waals surface area (Å²) in [5, 5.41) is 14.0. The molecule has 0 aliphatic heterocycles. The van der Waals surface area contributed by atoms with Gasteiger partial charge >= 0.3 is 0 Å². The van der Waals surface area contributed by atoms with Gasteiger partial charge in [-0.3, -0.25) is 4.79 Å². The van der Waals surface area contributed by atoms with Crippen LogP contribution in [0.25, 0.3) is 0 Å². The first-order valence-corrected chi connectivity index (χ1v) is 5.99. The maximum absolute atomic E-state index is 11.4. The van der Waals surface area contributed by atoms with E-state index in [2.05, 4.69) is 20.8 Å². The van der Waals surface area contributed by atoms with Gasteiger partial charge in [-0.15, -0.1) is 5.10 Å². The first kappa shape index (κ1) is 12.0. The molecule has 1 unspecified atom stereocenters. The average molecular weight is 229 g/mol. The highest BCUT2D eigenvalue weighted by atomic mass is 32.2. The maximum atomic E-state index is 11.4. The molecular formula is C8H15N5OS. The van der Waals surface area contributed by atoms with E-state index in [0.29, 0.717) is 13.0 Å². The van der Waals surface area contributed by atoms with Gasteiger partial charge in [0.2, 0.25) is 5.91 Å². The molecule has 0 radical (unpaired) electrons. The SMILES string of the molecule is CCNC(=O)CC(SC)c1nnnn1C. The number of carbonyl (C=O) groups excluding carboxylic acids is 1. The Kier molecular flexibility index (Phi) is 4.54. The fourth-order valence-electron chi connectivity index (χ4n) is 1.23.